The molecule has 1 N–H and O–H groups in total. The molecule has 0 fully saturated rings. The number of hydrogen-bond acceptors (Lipinski definition) is 4. The highest BCUT2D eigenvalue weighted by Crippen LogP contribution is 2.15. The monoisotopic (exact) mass is 221 g/mol. The Balaban J connectivity index is 2.35. The van der Waals surface area contributed by atoms with Crippen molar-refractivity contribution in [2.75, 3.05) is 27.2 Å². The highest BCUT2D eigenvalue weighted by atomic mass is 32.2. The summed E-state index contributed by atoms with van der Waals surface area (Å²) in [4.78, 5) is 3.20. The lowest BCUT2D eigenvalue weighted by Gasteiger charge is -2.09. The van der Waals surface area contributed by atoms with E-state index in [-0.39, 0.29) is 0 Å². The number of nitrogens with zero attached hydrogens (tertiary/aromatic N) is 2. The molecule has 0 saturated carbocycles. The van der Waals surface area contributed by atoms with E-state index in [1.165, 1.54) is 0 Å². The first-order valence-electron chi connectivity index (χ1n) is 4.77. The molecule has 0 saturated heterocycles. The molecular weight excluding hydrogens is 206 g/mol. The summed E-state index contributed by atoms with van der Waals surface area (Å²) < 4.78 is 3.25. The second kappa shape index (κ2) is 6.46. The van der Waals surface area contributed by atoms with Gasteiger partial charge < -0.3 is 4.90 Å². The van der Waals surface area contributed by atoms with Crippen LogP contribution in [0.3, 0.4) is 0 Å². The Morgan fingerprint density at radius 2 is 2.27 bits per heavy atom. The molecule has 0 radical (unpaired) electrons. The molecule has 80 valence electrons. The van der Waals surface area contributed by atoms with E-state index in [2.05, 4.69) is 15.7 Å². The fraction of sp³-hybridized carbons (Fsp3) is 0.364. The summed E-state index contributed by atoms with van der Waals surface area (Å²) >= 11 is 1.56. The van der Waals surface area contributed by atoms with Crippen molar-refractivity contribution < 1.29 is 0 Å². The molecule has 0 heterocycles. The summed E-state index contributed by atoms with van der Waals surface area (Å²) in [6.45, 7) is 1.93. The van der Waals surface area contributed by atoms with Gasteiger partial charge in [0, 0.05) is 18.0 Å². The van der Waals surface area contributed by atoms with Crippen LogP contribution < -0.4 is 4.72 Å². The molecule has 0 atom stereocenters. The van der Waals surface area contributed by atoms with Gasteiger partial charge in [0.1, 0.15) is 0 Å². The molecule has 0 aliphatic rings. The lowest BCUT2D eigenvalue weighted by molar-refractivity contribution is 0.415. The second-order valence-electron chi connectivity index (χ2n) is 3.44. The van der Waals surface area contributed by atoms with Crippen LogP contribution in [0.4, 0.5) is 0 Å². The average molecular weight is 221 g/mol. The van der Waals surface area contributed by atoms with Gasteiger partial charge >= 0.3 is 0 Å². The summed E-state index contributed by atoms with van der Waals surface area (Å²) in [5.41, 5.74) is 0.703. The Kier molecular flexibility index (Phi) is 5.19. The summed E-state index contributed by atoms with van der Waals surface area (Å²) in [5.74, 6) is 0. The molecule has 1 aromatic carbocycles. The van der Waals surface area contributed by atoms with Crippen molar-refractivity contribution in [3.8, 4) is 6.07 Å². The zero-order chi connectivity index (χ0) is 11.1. The molecule has 4 heteroatoms. The van der Waals surface area contributed by atoms with Crippen molar-refractivity contribution in [1.29, 1.82) is 5.26 Å². The largest absolute Gasteiger partial charge is 0.308 e. The van der Waals surface area contributed by atoms with E-state index in [1.54, 1.807) is 11.9 Å². The Hall–Kier alpha value is -1.02. The van der Waals surface area contributed by atoms with Gasteiger partial charge in [-0.25, -0.2) is 0 Å². The standard InChI is InChI=1S/C11H15N3S/c1-14(2)7-6-13-15-11-5-3-4-10(8-11)9-12/h3-5,8,13H,6-7H2,1-2H3. The highest BCUT2D eigenvalue weighted by Gasteiger charge is 1.96. The van der Waals surface area contributed by atoms with Crippen molar-refractivity contribution in [2.45, 2.75) is 4.90 Å². The summed E-state index contributed by atoms with van der Waals surface area (Å²) in [7, 11) is 4.09. The normalized spacial score (nSPS) is 10.3. The minimum absolute atomic E-state index is 0.703. The molecule has 0 amide bonds. The van der Waals surface area contributed by atoms with Crippen molar-refractivity contribution in [1.82, 2.24) is 9.62 Å². The number of likely N-dealkylation sites (N-methyl/N-ethyl adjacent to an activating group) is 1. The van der Waals surface area contributed by atoms with Crippen LogP contribution in [0.1, 0.15) is 5.56 Å². The minimum Gasteiger partial charge on any atom is -0.308 e. The molecule has 1 rings (SSSR count). The van der Waals surface area contributed by atoms with Gasteiger partial charge in [-0.1, -0.05) is 6.07 Å². The molecule has 0 unspecified atom stereocenters. The Labute approximate surface area is 95.2 Å². The highest BCUT2D eigenvalue weighted by molar-refractivity contribution is 7.97. The van der Waals surface area contributed by atoms with Crippen LogP contribution in [0, 0.1) is 11.3 Å². The third-order valence-electron chi connectivity index (χ3n) is 1.81. The molecule has 0 bridgehead atoms. The molecule has 0 spiro atoms. The average Bonchev–Trinajstić information content (AvgIpc) is 2.24. The van der Waals surface area contributed by atoms with Crippen LogP contribution in [0.2, 0.25) is 0 Å². The van der Waals surface area contributed by atoms with Crippen LogP contribution in [0.15, 0.2) is 29.2 Å². The van der Waals surface area contributed by atoms with Crippen LogP contribution in [0.5, 0.6) is 0 Å². The third-order valence-corrected chi connectivity index (χ3v) is 2.65. The fourth-order valence-corrected chi connectivity index (χ4v) is 1.73. The number of hydrogen-bond donors (Lipinski definition) is 1. The molecule has 0 aliphatic carbocycles. The van der Waals surface area contributed by atoms with Gasteiger partial charge in [0.05, 0.1) is 11.6 Å². The van der Waals surface area contributed by atoms with Gasteiger partial charge in [-0.2, -0.15) is 5.26 Å². The zero-order valence-corrected chi connectivity index (χ0v) is 9.84. The van der Waals surface area contributed by atoms with E-state index in [0.717, 1.165) is 18.0 Å². The van der Waals surface area contributed by atoms with Crippen LogP contribution >= 0.6 is 11.9 Å². The van der Waals surface area contributed by atoms with E-state index >= 15 is 0 Å². The van der Waals surface area contributed by atoms with Crippen LogP contribution in [-0.4, -0.2) is 32.1 Å². The van der Waals surface area contributed by atoms with E-state index in [1.807, 2.05) is 38.4 Å². The molecular formula is C11H15N3S. The van der Waals surface area contributed by atoms with Gasteiger partial charge in [-0.15, -0.1) is 0 Å². The number of nitriles is 1. The predicted octanol–water partition coefficient (Wildman–Crippen LogP) is 1.72. The van der Waals surface area contributed by atoms with E-state index < -0.39 is 0 Å². The van der Waals surface area contributed by atoms with Gasteiger partial charge in [0.25, 0.3) is 0 Å². The molecule has 3 nitrogen and oxygen atoms in total. The van der Waals surface area contributed by atoms with Crippen molar-refractivity contribution in [3.63, 3.8) is 0 Å². The fourth-order valence-electron chi connectivity index (χ4n) is 1.03. The summed E-state index contributed by atoms with van der Waals surface area (Å²) in [6, 6.07) is 9.71. The first-order chi connectivity index (χ1) is 7.22. The number of rotatable bonds is 5. The molecule has 15 heavy (non-hydrogen) atoms. The Morgan fingerprint density at radius 3 is 2.93 bits per heavy atom. The van der Waals surface area contributed by atoms with Crippen molar-refractivity contribution >= 4 is 11.9 Å². The second-order valence-corrected chi connectivity index (χ2v) is 4.40. The van der Waals surface area contributed by atoms with Crippen molar-refractivity contribution in [2.24, 2.45) is 0 Å². The van der Waals surface area contributed by atoms with E-state index in [0.29, 0.717) is 5.56 Å². The van der Waals surface area contributed by atoms with Gasteiger partial charge in [-0.05, 0) is 44.2 Å². The zero-order valence-electron chi connectivity index (χ0n) is 9.03. The molecule has 0 aliphatic heterocycles. The van der Waals surface area contributed by atoms with Gasteiger partial charge in [0.15, 0.2) is 0 Å². The lowest BCUT2D eigenvalue weighted by Crippen LogP contribution is -2.22. The number of nitrogens with one attached hydrogen (secondary N) is 1. The summed E-state index contributed by atoms with van der Waals surface area (Å²) in [6.07, 6.45) is 0. The predicted molar refractivity (Wildman–Crippen MR) is 63.6 cm³/mol. The SMILES string of the molecule is CN(C)CCNSc1cccc(C#N)c1. The van der Waals surface area contributed by atoms with Crippen molar-refractivity contribution in [3.05, 3.63) is 29.8 Å². The van der Waals surface area contributed by atoms with Gasteiger partial charge in [0.2, 0.25) is 0 Å². The smallest absolute Gasteiger partial charge is 0.0992 e. The van der Waals surface area contributed by atoms with E-state index in [9.17, 15) is 0 Å². The maximum atomic E-state index is 8.72. The maximum Gasteiger partial charge on any atom is 0.0992 e. The molecule has 0 aromatic heterocycles. The molecule has 1 aromatic rings. The maximum absolute atomic E-state index is 8.72. The first kappa shape index (κ1) is 12.1. The summed E-state index contributed by atoms with van der Waals surface area (Å²) in [5, 5.41) is 8.72. The minimum atomic E-state index is 0.703. The third kappa shape index (κ3) is 4.84. The Morgan fingerprint density at radius 1 is 1.47 bits per heavy atom. The Bertz CT molecular complexity index is 344. The van der Waals surface area contributed by atoms with Gasteiger partial charge in [-0.3, -0.25) is 4.72 Å². The topological polar surface area (TPSA) is 39.1 Å². The number of benzene rings is 1. The van der Waals surface area contributed by atoms with Crippen LogP contribution in [0.25, 0.3) is 0 Å². The lowest BCUT2D eigenvalue weighted by atomic mass is 10.2. The quantitative estimate of drug-likeness (QED) is 0.607. The first-order valence-corrected chi connectivity index (χ1v) is 5.58. The van der Waals surface area contributed by atoms with E-state index in [4.69, 9.17) is 5.26 Å². The van der Waals surface area contributed by atoms with Crippen LogP contribution in [-0.2, 0) is 0 Å².